The molecule has 0 heterocycles. The first-order chi connectivity index (χ1) is 7.62. The molecular weight excluding hydrogens is 236 g/mol. The SMILES string of the molecule is CN(CC1CCCCC1)C(=O)C1(N)CCC1.Cl. The molecule has 0 bridgehead atoms. The van der Waals surface area contributed by atoms with E-state index in [2.05, 4.69) is 0 Å². The summed E-state index contributed by atoms with van der Waals surface area (Å²) in [5, 5.41) is 0. The van der Waals surface area contributed by atoms with Crippen molar-refractivity contribution in [3.63, 3.8) is 0 Å². The molecule has 17 heavy (non-hydrogen) atoms. The van der Waals surface area contributed by atoms with E-state index in [-0.39, 0.29) is 18.3 Å². The number of hydrogen-bond donors (Lipinski definition) is 1. The number of carbonyl (C=O) groups excluding carboxylic acids is 1. The first kappa shape index (κ1) is 14.8. The van der Waals surface area contributed by atoms with Crippen LogP contribution in [0.15, 0.2) is 0 Å². The van der Waals surface area contributed by atoms with E-state index >= 15 is 0 Å². The summed E-state index contributed by atoms with van der Waals surface area (Å²) in [4.78, 5) is 14.0. The van der Waals surface area contributed by atoms with Crippen molar-refractivity contribution in [2.75, 3.05) is 13.6 Å². The van der Waals surface area contributed by atoms with Crippen molar-refractivity contribution in [1.29, 1.82) is 0 Å². The number of amides is 1. The molecule has 0 unspecified atom stereocenters. The van der Waals surface area contributed by atoms with E-state index in [1.807, 2.05) is 11.9 Å². The maximum absolute atomic E-state index is 12.1. The maximum atomic E-state index is 12.1. The third kappa shape index (κ3) is 3.35. The van der Waals surface area contributed by atoms with Gasteiger partial charge >= 0.3 is 0 Å². The molecule has 0 aromatic carbocycles. The molecular formula is C13H25ClN2O. The molecule has 2 saturated carbocycles. The van der Waals surface area contributed by atoms with Gasteiger partial charge in [-0.25, -0.2) is 0 Å². The molecule has 2 aliphatic rings. The average molecular weight is 261 g/mol. The molecule has 2 aliphatic carbocycles. The number of carbonyl (C=O) groups is 1. The van der Waals surface area contributed by atoms with Crippen LogP contribution in [0.1, 0.15) is 51.4 Å². The van der Waals surface area contributed by atoms with Gasteiger partial charge in [-0.1, -0.05) is 19.3 Å². The fourth-order valence-electron chi connectivity index (χ4n) is 2.99. The highest BCUT2D eigenvalue weighted by Crippen LogP contribution is 2.31. The second-order valence-corrected chi connectivity index (χ2v) is 5.70. The monoisotopic (exact) mass is 260 g/mol. The molecule has 4 heteroatoms. The van der Waals surface area contributed by atoms with Crippen LogP contribution in [0.2, 0.25) is 0 Å². The largest absolute Gasteiger partial charge is 0.344 e. The Bertz CT molecular complexity index is 260. The summed E-state index contributed by atoms with van der Waals surface area (Å²) < 4.78 is 0. The molecule has 0 spiro atoms. The van der Waals surface area contributed by atoms with Crippen molar-refractivity contribution in [1.82, 2.24) is 4.90 Å². The Kier molecular flexibility index (Phi) is 5.26. The van der Waals surface area contributed by atoms with Crippen LogP contribution in [0.25, 0.3) is 0 Å². The lowest BCUT2D eigenvalue weighted by atomic mass is 9.76. The van der Waals surface area contributed by atoms with Crippen molar-refractivity contribution in [3.8, 4) is 0 Å². The molecule has 0 radical (unpaired) electrons. The molecule has 100 valence electrons. The van der Waals surface area contributed by atoms with E-state index in [0.29, 0.717) is 5.92 Å². The molecule has 0 aliphatic heterocycles. The van der Waals surface area contributed by atoms with Crippen molar-refractivity contribution < 1.29 is 4.79 Å². The Morgan fingerprint density at radius 2 is 1.82 bits per heavy atom. The molecule has 0 aromatic heterocycles. The number of nitrogens with zero attached hydrogens (tertiary/aromatic N) is 1. The standard InChI is InChI=1S/C13H24N2O.ClH/c1-15(10-11-6-3-2-4-7-11)12(16)13(14)8-5-9-13;/h11H,2-10,14H2,1H3;1H. The van der Waals surface area contributed by atoms with Crippen LogP contribution in [0, 0.1) is 5.92 Å². The van der Waals surface area contributed by atoms with Gasteiger partial charge in [0.25, 0.3) is 0 Å². The molecule has 1 amide bonds. The summed E-state index contributed by atoms with van der Waals surface area (Å²) in [6, 6.07) is 0. The molecule has 0 atom stereocenters. The molecule has 0 aromatic rings. The van der Waals surface area contributed by atoms with E-state index in [4.69, 9.17) is 5.73 Å². The Labute approximate surface area is 111 Å². The minimum Gasteiger partial charge on any atom is -0.344 e. The number of likely N-dealkylation sites (N-methyl/N-ethyl adjacent to an activating group) is 1. The highest BCUT2D eigenvalue weighted by Gasteiger charge is 2.42. The van der Waals surface area contributed by atoms with Crippen LogP contribution in [0.3, 0.4) is 0 Å². The Balaban J connectivity index is 0.00000144. The number of halogens is 1. The van der Waals surface area contributed by atoms with Gasteiger partial charge in [0, 0.05) is 13.6 Å². The van der Waals surface area contributed by atoms with Crippen LogP contribution in [0.5, 0.6) is 0 Å². The molecule has 0 saturated heterocycles. The lowest BCUT2D eigenvalue weighted by Crippen LogP contribution is -2.59. The third-order valence-electron chi connectivity index (χ3n) is 4.28. The summed E-state index contributed by atoms with van der Waals surface area (Å²) in [5.41, 5.74) is 5.55. The predicted molar refractivity (Wildman–Crippen MR) is 72.2 cm³/mol. The Morgan fingerprint density at radius 3 is 2.29 bits per heavy atom. The van der Waals surface area contributed by atoms with Crippen LogP contribution in [-0.4, -0.2) is 29.9 Å². The van der Waals surface area contributed by atoms with Gasteiger partial charge < -0.3 is 10.6 Å². The summed E-state index contributed by atoms with van der Waals surface area (Å²) in [5.74, 6) is 0.885. The summed E-state index contributed by atoms with van der Waals surface area (Å²) in [7, 11) is 1.92. The zero-order valence-electron chi connectivity index (χ0n) is 10.8. The average Bonchev–Trinajstić information content (AvgIpc) is 2.26. The van der Waals surface area contributed by atoms with E-state index in [1.165, 1.54) is 32.1 Å². The molecule has 2 fully saturated rings. The quantitative estimate of drug-likeness (QED) is 0.847. The molecule has 2 rings (SSSR count). The van der Waals surface area contributed by atoms with Crippen molar-refractivity contribution >= 4 is 18.3 Å². The Hall–Kier alpha value is -0.280. The topological polar surface area (TPSA) is 46.3 Å². The van der Waals surface area contributed by atoms with Crippen molar-refractivity contribution in [2.24, 2.45) is 11.7 Å². The zero-order chi connectivity index (χ0) is 11.6. The zero-order valence-corrected chi connectivity index (χ0v) is 11.6. The van der Waals surface area contributed by atoms with Crippen LogP contribution < -0.4 is 5.73 Å². The van der Waals surface area contributed by atoms with E-state index in [0.717, 1.165) is 25.8 Å². The minimum absolute atomic E-state index is 0. The maximum Gasteiger partial charge on any atom is 0.242 e. The summed E-state index contributed by atoms with van der Waals surface area (Å²) >= 11 is 0. The second-order valence-electron chi connectivity index (χ2n) is 5.70. The van der Waals surface area contributed by atoms with Gasteiger partial charge in [-0.3, -0.25) is 4.79 Å². The van der Waals surface area contributed by atoms with Gasteiger partial charge in [0.1, 0.15) is 0 Å². The van der Waals surface area contributed by atoms with Gasteiger partial charge in [0.05, 0.1) is 5.54 Å². The highest BCUT2D eigenvalue weighted by atomic mass is 35.5. The highest BCUT2D eigenvalue weighted by molar-refractivity contribution is 5.86. The van der Waals surface area contributed by atoms with Gasteiger partial charge in [0.15, 0.2) is 0 Å². The van der Waals surface area contributed by atoms with E-state index < -0.39 is 5.54 Å². The summed E-state index contributed by atoms with van der Waals surface area (Å²) in [6.45, 7) is 0.914. The fourth-order valence-corrected chi connectivity index (χ4v) is 2.99. The van der Waals surface area contributed by atoms with Crippen LogP contribution in [-0.2, 0) is 4.79 Å². The van der Waals surface area contributed by atoms with E-state index in [1.54, 1.807) is 0 Å². The van der Waals surface area contributed by atoms with Crippen LogP contribution >= 0.6 is 12.4 Å². The predicted octanol–water partition coefficient (Wildman–Crippen LogP) is 2.33. The van der Waals surface area contributed by atoms with Gasteiger partial charge in [-0.05, 0) is 38.0 Å². The first-order valence-corrected chi connectivity index (χ1v) is 6.66. The smallest absolute Gasteiger partial charge is 0.242 e. The second kappa shape index (κ2) is 6.05. The normalized spacial score (nSPS) is 23.4. The Morgan fingerprint density at radius 1 is 1.24 bits per heavy atom. The first-order valence-electron chi connectivity index (χ1n) is 6.66. The fraction of sp³-hybridized carbons (Fsp3) is 0.923. The summed E-state index contributed by atoms with van der Waals surface area (Å²) in [6.07, 6.45) is 9.47. The third-order valence-corrected chi connectivity index (χ3v) is 4.28. The van der Waals surface area contributed by atoms with Crippen molar-refractivity contribution in [3.05, 3.63) is 0 Å². The van der Waals surface area contributed by atoms with E-state index in [9.17, 15) is 4.79 Å². The molecule has 2 N–H and O–H groups in total. The van der Waals surface area contributed by atoms with Crippen molar-refractivity contribution in [2.45, 2.75) is 56.9 Å². The number of rotatable bonds is 3. The van der Waals surface area contributed by atoms with Gasteiger partial charge in [0.2, 0.25) is 5.91 Å². The minimum atomic E-state index is -0.510. The lowest BCUT2D eigenvalue weighted by Gasteiger charge is -2.40. The number of nitrogens with two attached hydrogens (primary N) is 1. The van der Waals surface area contributed by atoms with Crippen LogP contribution in [0.4, 0.5) is 0 Å². The lowest BCUT2D eigenvalue weighted by molar-refractivity contribution is -0.139. The van der Waals surface area contributed by atoms with Gasteiger partial charge in [-0.2, -0.15) is 0 Å². The number of hydrogen-bond acceptors (Lipinski definition) is 2. The van der Waals surface area contributed by atoms with Gasteiger partial charge in [-0.15, -0.1) is 12.4 Å². The molecule has 3 nitrogen and oxygen atoms in total.